The number of aromatic nitrogens is 3. The first-order valence-corrected chi connectivity index (χ1v) is 12.0. The normalized spacial score (nSPS) is 18.8. The van der Waals surface area contributed by atoms with Crippen LogP contribution >= 0.6 is 0 Å². The molecule has 2 atom stereocenters. The minimum atomic E-state index is -5.08. The third kappa shape index (κ3) is 6.53. The summed E-state index contributed by atoms with van der Waals surface area (Å²) in [7, 11) is 0. The summed E-state index contributed by atoms with van der Waals surface area (Å²) in [5, 5.41) is 18.6. The zero-order valence-corrected chi connectivity index (χ0v) is 20.3. The van der Waals surface area contributed by atoms with E-state index < -0.39 is 12.1 Å². The number of aliphatic carboxylic acids is 1. The molecule has 3 heterocycles. The number of anilines is 1. The molecule has 1 aromatic heterocycles. The maximum atomic E-state index is 12.8. The van der Waals surface area contributed by atoms with Gasteiger partial charge >= 0.3 is 12.1 Å². The van der Waals surface area contributed by atoms with Crippen molar-refractivity contribution in [3.05, 3.63) is 77.4 Å². The molecule has 2 aliphatic heterocycles. The summed E-state index contributed by atoms with van der Waals surface area (Å²) in [6, 6.07) is 18.5. The van der Waals surface area contributed by atoms with Gasteiger partial charge in [0.05, 0.1) is 0 Å². The molecular formula is C26H28F3N5O3. The Kier molecular flexibility index (Phi) is 7.91. The lowest BCUT2D eigenvalue weighted by molar-refractivity contribution is -0.192. The number of carbonyl (C=O) groups excluding carboxylic acids is 1. The highest BCUT2D eigenvalue weighted by molar-refractivity contribution is 6.01. The van der Waals surface area contributed by atoms with Crippen LogP contribution < -0.4 is 5.32 Å². The van der Waals surface area contributed by atoms with E-state index in [4.69, 9.17) is 9.90 Å². The van der Waals surface area contributed by atoms with Gasteiger partial charge in [-0.1, -0.05) is 49.4 Å². The average molecular weight is 516 g/mol. The van der Waals surface area contributed by atoms with Crippen molar-refractivity contribution in [3.8, 4) is 0 Å². The topological polar surface area (TPSA) is 100 Å². The Hall–Kier alpha value is -3.73. The molecule has 2 N–H and O–H groups in total. The first kappa shape index (κ1) is 26.3. The number of hydrogen-bond donors (Lipinski definition) is 2. The quantitative estimate of drug-likeness (QED) is 0.532. The Bertz CT molecular complexity index is 1230. The lowest BCUT2D eigenvalue weighted by Crippen LogP contribution is -2.31. The zero-order chi connectivity index (χ0) is 26.6. The molecule has 8 nitrogen and oxygen atoms in total. The Morgan fingerprint density at radius 1 is 0.973 bits per heavy atom. The molecule has 0 spiro atoms. The summed E-state index contributed by atoms with van der Waals surface area (Å²) in [5.74, 6) is -0.477. The molecule has 1 fully saturated rings. The standard InChI is InChI=1S/C24H27N5O.C2HF3O2/c1-2-17-8-10-18(11-9-17)13-28-14-19-12-22-26-27-23(29(22)16-20(19)15-28)24(30)25-21-6-4-3-5-7-21;3-2(4,5)1(6)7/h3-11,19-20H,2,12-16H2,1H3,(H,25,30);(H,6,7). The summed E-state index contributed by atoms with van der Waals surface area (Å²) < 4.78 is 33.8. The van der Waals surface area contributed by atoms with Crippen molar-refractivity contribution in [1.82, 2.24) is 19.7 Å². The van der Waals surface area contributed by atoms with Crippen molar-refractivity contribution in [1.29, 1.82) is 0 Å². The number of benzene rings is 2. The first-order valence-electron chi connectivity index (χ1n) is 12.0. The van der Waals surface area contributed by atoms with Crippen molar-refractivity contribution < 1.29 is 27.9 Å². The fourth-order valence-corrected chi connectivity index (χ4v) is 4.77. The van der Waals surface area contributed by atoms with Gasteiger partial charge in [-0.05, 0) is 41.5 Å². The predicted molar refractivity (Wildman–Crippen MR) is 130 cm³/mol. The van der Waals surface area contributed by atoms with Crippen LogP contribution in [0.3, 0.4) is 0 Å². The van der Waals surface area contributed by atoms with Gasteiger partial charge in [-0.25, -0.2) is 4.79 Å². The Balaban J connectivity index is 0.000000405. The van der Waals surface area contributed by atoms with Crippen LogP contribution in [0.1, 0.15) is 34.5 Å². The van der Waals surface area contributed by atoms with Gasteiger partial charge in [0.25, 0.3) is 5.91 Å². The van der Waals surface area contributed by atoms with Crippen LogP contribution in [0.15, 0.2) is 54.6 Å². The second kappa shape index (κ2) is 11.1. The SMILES string of the molecule is CCc1ccc(CN2CC3Cc4nnc(C(=O)Nc5ccccc5)n4CC3C2)cc1.O=C(O)C(F)(F)F. The fourth-order valence-electron chi connectivity index (χ4n) is 4.77. The van der Waals surface area contributed by atoms with Crippen LogP contribution in [0, 0.1) is 11.8 Å². The molecule has 0 radical (unpaired) electrons. The number of para-hydroxylation sites is 1. The molecule has 5 rings (SSSR count). The number of amides is 1. The molecule has 2 aliphatic rings. The third-order valence-electron chi connectivity index (χ3n) is 6.66. The van der Waals surface area contributed by atoms with E-state index in [0.717, 1.165) is 50.5 Å². The van der Waals surface area contributed by atoms with Crippen LogP contribution in [0.2, 0.25) is 0 Å². The summed E-state index contributed by atoms with van der Waals surface area (Å²) in [4.78, 5) is 24.2. The number of alkyl halides is 3. The number of nitrogens with zero attached hydrogens (tertiary/aromatic N) is 4. The van der Waals surface area contributed by atoms with Gasteiger partial charge in [0.2, 0.25) is 5.82 Å². The molecule has 3 aromatic rings. The van der Waals surface area contributed by atoms with Crippen molar-refractivity contribution in [3.63, 3.8) is 0 Å². The molecule has 1 amide bonds. The van der Waals surface area contributed by atoms with E-state index in [9.17, 15) is 18.0 Å². The van der Waals surface area contributed by atoms with Crippen molar-refractivity contribution >= 4 is 17.6 Å². The van der Waals surface area contributed by atoms with Gasteiger partial charge in [0, 0.05) is 38.3 Å². The molecule has 11 heteroatoms. The number of halogens is 3. The van der Waals surface area contributed by atoms with E-state index in [-0.39, 0.29) is 5.91 Å². The minimum Gasteiger partial charge on any atom is -0.475 e. The van der Waals surface area contributed by atoms with Crippen LogP contribution in [0.4, 0.5) is 18.9 Å². The zero-order valence-electron chi connectivity index (χ0n) is 20.3. The molecule has 37 heavy (non-hydrogen) atoms. The van der Waals surface area contributed by atoms with Gasteiger partial charge in [0.15, 0.2) is 0 Å². The predicted octanol–water partition coefficient (Wildman–Crippen LogP) is 4.03. The largest absolute Gasteiger partial charge is 0.490 e. The highest BCUT2D eigenvalue weighted by Gasteiger charge is 2.39. The number of carboxylic acid groups (broad SMARTS) is 1. The summed E-state index contributed by atoms with van der Waals surface area (Å²) in [6.07, 6.45) is -3.12. The minimum absolute atomic E-state index is 0.190. The number of hydrogen-bond acceptors (Lipinski definition) is 5. The lowest BCUT2D eigenvalue weighted by Gasteiger charge is -2.25. The summed E-state index contributed by atoms with van der Waals surface area (Å²) >= 11 is 0. The fraction of sp³-hybridized carbons (Fsp3) is 0.385. The number of nitrogens with one attached hydrogen (secondary N) is 1. The molecule has 0 aliphatic carbocycles. The summed E-state index contributed by atoms with van der Waals surface area (Å²) in [5.41, 5.74) is 3.52. The Labute approximate surface area is 212 Å². The Morgan fingerprint density at radius 2 is 1.59 bits per heavy atom. The van der Waals surface area contributed by atoms with Crippen molar-refractivity contribution in [2.45, 2.75) is 39.0 Å². The van der Waals surface area contributed by atoms with Crippen molar-refractivity contribution in [2.24, 2.45) is 11.8 Å². The average Bonchev–Trinajstić information content (AvgIpc) is 3.46. The van der Waals surface area contributed by atoms with Gasteiger partial charge in [-0.15, -0.1) is 10.2 Å². The Morgan fingerprint density at radius 3 is 2.22 bits per heavy atom. The number of carboxylic acids is 1. The van der Waals surface area contributed by atoms with E-state index >= 15 is 0 Å². The van der Waals surface area contributed by atoms with Crippen LogP contribution in [-0.2, 0) is 30.7 Å². The van der Waals surface area contributed by atoms with Gasteiger partial charge in [-0.3, -0.25) is 9.69 Å². The highest BCUT2D eigenvalue weighted by atomic mass is 19.4. The maximum absolute atomic E-state index is 12.8. The van der Waals surface area contributed by atoms with E-state index in [1.807, 2.05) is 34.9 Å². The number of aryl methyl sites for hydroxylation is 1. The molecule has 0 bridgehead atoms. The molecule has 0 saturated carbocycles. The third-order valence-corrected chi connectivity index (χ3v) is 6.66. The van der Waals surface area contributed by atoms with Crippen LogP contribution in [-0.4, -0.2) is 55.9 Å². The lowest BCUT2D eigenvalue weighted by atomic mass is 9.89. The number of carbonyl (C=O) groups is 2. The van der Waals surface area contributed by atoms with Gasteiger partial charge in [-0.2, -0.15) is 13.2 Å². The molecule has 1 saturated heterocycles. The first-order chi connectivity index (χ1) is 17.6. The van der Waals surface area contributed by atoms with Crippen LogP contribution in [0.5, 0.6) is 0 Å². The van der Waals surface area contributed by atoms with Crippen LogP contribution in [0.25, 0.3) is 0 Å². The molecular weight excluding hydrogens is 487 g/mol. The molecule has 196 valence electrons. The number of likely N-dealkylation sites (tertiary alicyclic amines) is 1. The van der Waals surface area contributed by atoms with Gasteiger partial charge in [0.1, 0.15) is 5.82 Å². The number of fused-ring (bicyclic) bond motifs is 2. The monoisotopic (exact) mass is 515 g/mol. The second-order valence-corrected chi connectivity index (χ2v) is 9.26. The summed E-state index contributed by atoms with van der Waals surface area (Å²) in [6.45, 7) is 6.12. The van der Waals surface area contributed by atoms with E-state index in [1.165, 1.54) is 11.1 Å². The van der Waals surface area contributed by atoms with E-state index in [2.05, 4.69) is 51.6 Å². The molecule has 2 unspecified atom stereocenters. The van der Waals surface area contributed by atoms with Gasteiger partial charge < -0.3 is 15.0 Å². The second-order valence-electron chi connectivity index (χ2n) is 9.26. The number of rotatable bonds is 5. The highest BCUT2D eigenvalue weighted by Crippen LogP contribution is 2.33. The molecule has 2 aromatic carbocycles. The smallest absolute Gasteiger partial charge is 0.475 e. The van der Waals surface area contributed by atoms with E-state index in [0.29, 0.717) is 17.7 Å². The van der Waals surface area contributed by atoms with E-state index in [1.54, 1.807) is 0 Å². The maximum Gasteiger partial charge on any atom is 0.490 e. The van der Waals surface area contributed by atoms with Crippen molar-refractivity contribution in [2.75, 3.05) is 18.4 Å².